The molecule has 16 heavy (non-hydrogen) atoms. The topological polar surface area (TPSA) is 17.0 Å². The van der Waals surface area contributed by atoms with Gasteiger partial charge in [-0.3, -0.25) is 0 Å². The van der Waals surface area contributed by atoms with Crippen molar-refractivity contribution in [3.8, 4) is 0 Å². The number of likely N-dealkylation sites (N-methyl/N-ethyl adjacent to an activating group) is 1. The molecule has 0 saturated heterocycles. The number of nitrogens with zero attached hydrogens (tertiary/aromatic N) is 1. The van der Waals surface area contributed by atoms with Crippen LogP contribution in [0, 0.1) is 6.92 Å². The average molecular weight is 218 g/mol. The Hall–Kier alpha value is -1.28. The Balaban J connectivity index is 0.000000606. The van der Waals surface area contributed by atoms with Crippen LogP contribution in [-0.2, 0) is 6.54 Å². The van der Waals surface area contributed by atoms with Crippen LogP contribution in [0.2, 0.25) is 0 Å². The summed E-state index contributed by atoms with van der Waals surface area (Å²) in [6, 6.07) is 8.77. The minimum Gasteiger partial charge on any atom is -0.346 e. The van der Waals surface area contributed by atoms with Gasteiger partial charge in [-0.05, 0) is 37.6 Å². The molecule has 0 radical (unpaired) electrons. The van der Waals surface area contributed by atoms with Gasteiger partial charge in [0, 0.05) is 24.8 Å². The van der Waals surface area contributed by atoms with E-state index in [0.29, 0.717) is 0 Å². The van der Waals surface area contributed by atoms with Crippen LogP contribution in [0.5, 0.6) is 0 Å². The summed E-state index contributed by atoms with van der Waals surface area (Å²) in [5, 5.41) is 4.50. The van der Waals surface area contributed by atoms with Crippen molar-refractivity contribution in [3.05, 3.63) is 36.0 Å². The van der Waals surface area contributed by atoms with Gasteiger partial charge in [0.1, 0.15) is 0 Å². The zero-order valence-corrected chi connectivity index (χ0v) is 10.7. The van der Waals surface area contributed by atoms with E-state index in [4.69, 9.17) is 0 Å². The first-order chi connectivity index (χ1) is 7.81. The van der Waals surface area contributed by atoms with Crippen LogP contribution in [0.25, 0.3) is 10.9 Å². The van der Waals surface area contributed by atoms with Crippen molar-refractivity contribution in [2.75, 3.05) is 13.6 Å². The second-order valence-electron chi connectivity index (χ2n) is 3.67. The number of hydrogen-bond donors (Lipinski definition) is 1. The van der Waals surface area contributed by atoms with Gasteiger partial charge in [-0.2, -0.15) is 0 Å². The Morgan fingerprint density at radius 1 is 1.19 bits per heavy atom. The third kappa shape index (κ3) is 2.86. The van der Waals surface area contributed by atoms with E-state index >= 15 is 0 Å². The molecule has 0 aliphatic carbocycles. The smallest absolute Gasteiger partial charge is 0.0480 e. The molecule has 0 saturated carbocycles. The lowest BCUT2D eigenvalue weighted by molar-refractivity contribution is 0.662. The van der Waals surface area contributed by atoms with Gasteiger partial charge in [-0.15, -0.1) is 0 Å². The van der Waals surface area contributed by atoms with Crippen molar-refractivity contribution >= 4 is 10.9 Å². The van der Waals surface area contributed by atoms with Gasteiger partial charge in [0.2, 0.25) is 0 Å². The highest BCUT2D eigenvalue weighted by atomic mass is 15.0. The molecule has 0 fully saturated rings. The molecule has 0 spiro atoms. The van der Waals surface area contributed by atoms with E-state index in [1.807, 2.05) is 20.9 Å². The number of aromatic nitrogens is 1. The highest BCUT2D eigenvalue weighted by Gasteiger charge is 1.99. The lowest BCUT2D eigenvalue weighted by Crippen LogP contribution is -2.14. The molecule has 0 amide bonds. The number of aryl methyl sites for hydroxylation is 1. The lowest BCUT2D eigenvalue weighted by Gasteiger charge is -2.04. The molecule has 0 aliphatic heterocycles. The summed E-state index contributed by atoms with van der Waals surface area (Å²) >= 11 is 0. The van der Waals surface area contributed by atoms with Gasteiger partial charge >= 0.3 is 0 Å². The number of benzene rings is 1. The van der Waals surface area contributed by atoms with Gasteiger partial charge in [-0.1, -0.05) is 25.5 Å². The number of hydrogen-bond acceptors (Lipinski definition) is 1. The average Bonchev–Trinajstić information content (AvgIpc) is 2.71. The molecule has 1 N–H and O–H groups in total. The van der Waals surface area contributed by atoms with E-state index < -0.39 is 0 Å². The Morgan fingerprint density at radius 3 is 2.62 bits per heavy atom. The van der Waals surface area contributed by atoms with E-state index in [9.17, 15) is 0 Å². The maximum Gasteiger partial charge on any atom is 0.0480 e. The van der Waals surface area contributed by atoms with Crippen LogP contribution in [0.1, 0.15) is 19.4 Å². The first-order valence-electron chi connectivity index (χ1n) is 6.01. The molecule has 1 aromatic heterocycles. The van der Waals surface area contributed by atoms with Gasteiger partial charge in [-0.25, -0.2) is 0 Å². The molecule has 2 rings (SSSR count). The molecule has 0 aliphatic rings. The zero-order chi connectivity index (χ0) is 12.0. The molecular formula is C14H22N2. The molecule has 2 heteroatoms. The fourth-order valence-corrected chi connectivity index (χ4v) is 1.75. The summed E-state index contributed by atoms with van der Waals surface area (Å²) in [5.74, 6) is 0. The van der Waals surface area contributed by atoms with E-state index in [1.54, 1.807) is 0 Å². The van der Waals surface area contributed by atoms with E-state index in [1.165, 1.54) is 16.5 Å². The molecule has 2 nitrogen and oxygen atoms in total. The van der Waals surface area contributed by atoms with Gasteiger partial charge in [0.25, 0.3) is 0 Å². The van der Waals surface area contributed by atoms with Crippen LogP contribution in [-0.4, -0.2) is 18.2 Å². The number of rotatable bonds is 3. The van der Waals surface area contributed by atoms with E-state index in [0.717, 1.165) is 13.1 Å². The SMILES string of the molecule is CC.CNCCn1ccc2cc(C)ccc21. The molecule has 0 bridgehead atoms. The predicted molar refractivity (Wildman–Crippen MR) is 71.9 cm³/mol. The summed E-state index contributed by atoms with van der Waals surface area (Å²) in [4.78, 5) is 0. The molecule has 0 unspecified atom stereocenters. The summed E-state index contributed by atoms with van der Waals surface area (Å²) in [6.07, 6.45) is 2.15. The van der Waals surface area contributed by atoms with Crippen molar-refractivity contribution in [1.29, 1.82) is 0 Å². The quantitative estimate of drug-likeness (QED) is 0.837. The monoisotopic (exact) mass is 218 g/mol. The summed E-state index contributed by atoms with van der Waals surface area (Å²) < 4.78 is 2.28. The molecule has 88 valence electrons. The minimum atomic E-state index is 1.01. The van der Waals surface area contributed by atoms with Crippen molar-refractivity contribution in [2.24, 2.45) is 0 Å². The second kappa shape index (κ2) is 6.33. The first kappa shape index (κ1) is 12.8. The zero-order valence-electron chi connectivity index (χ0n) is 10.7. The Labute approximate surface area is 98.3 Å². The highest BCUT2D eigenvalue weighted by molar-refractivity contribution is 5.80. The summed E-state index contributed by atoms with van der Waals surface area (Å²) in [7, 11) is 1.98. The van der Waals surface area contributed by atoms with Crippen molar-refractivity contribution in [1.82, 2.24) is 9.88 Å². The van der Waals surface area contributed by atoms with Crippen molar-refractivity contribution in [3.63, 3.8) is 0 Å². The minimum absolute atomic E-state index is 1.01. The fraction of sp³-hybridized carbons (Fsp3) is 0.429. The highest BCUT2D eigenvalue weighted by Crippen LogP contribution is 2.16. The molecule has 2 aromatic rings. The van der Waals surface area contributed by atoms with E-state index in [2.05, 4.69) is 47.3 Å². The maximum atomic E-state index is 3.16. The Kier molecular flexibility index (Phi) is 5.06. The van der Waals surface area contributed by atoms with Crippen LogP contribution < -0.4 is 5.32 Å². The molecular weight excluding hydrogens is 196 g/mol. The normalized spacial score (nSPS) is 10.0. The fourth-order valence-electron chi connectivity index (χ4n) is 1.75. The van der Waals surface area contributed by atoms with Gasteiger partial charge in [0.05, 0.1) is 0 Å². The van der Waals surface area contributed by atoms with E-state index in [-0.39, 0.29) is 0 Å². The Morgan fingerprint density at radius 2 is 1.94 bits per heavy atom. The molecule has 0 atom stereocenters. The number of nitrogens with one attached hydrogen (secondary N) is 1. The van der Waals surface area contributed by atoms with Gasteiger partial charge < -0.3 is 9.88 Å². The summed E-state index contributed by atoms with van der Waals surface area (Å²) in [5.41, 5.74) is 2.65. The van der Waals surface area contributed by atoms with Crippen LogP contribution in [0.3, 0.4) is 0 Å². The Bertz CT molecular complexity index is 429. The largest absolute Gasteiger partial charge is 0.346 e. The van der Waals surface area contributed by atoms with Crippen LogP contribution >= 0.6 is 0 Å². The molecule has 1 heterocycles. The van der Waals surface area contributed by atoms with Gasteiger partial charge in [0.15, 0.2) is 0 Å². The third-order valence-corrected chi connectivity index (χ3v) is 2.53. The summed E-state index contributed by atoms with van der Waals surface area (Å²) in [6.45, 7) is 8.17. The second-order valence-corrected chi connectivity index (χ2v) is 3.67. The molecule has 1 aromatic carbocycles. The first-order valence-corrected chi connectivity index (χ1v) is 6.01. The number of fused-ring (bicyclic) bond motifs is 1. The third-order valence-electron chi connectivity index (χ3n) is 2.53. The van der Waals surface area contributed by atoms with Crippen molar-refractivity contribution in [2.45, 2.75) is 27.3 Å². The maximum absolute atomic E-state index is 3.16. The van der Waals surface area contributed by atoms with Crippen molar-refractivity contribution < 1.29 is 0 Å². The van der Waals surface area contributed by atoms with Crippen LogP contribution in [0.15, 0.2) is 30.5 Å². The standard InChI is InChI=1S/C12H16N2.C2H6/c1-10-3-4-12-11(9-10)5-7-14(12)8-6-13-2;1-2/h3-5,7,9,13H,6,8H2,1-2H3;1-2H3. The van der Waals surface area contributed by atoms with Crippen LogP contribution in [0.4, 0.5) is 0 Å². The predicted octanol–water partition coefficient (Wildman–Crippen LogP) is 3.20. The lowest BCUT2D eigenvalue weighted by atomic mass is 10.2.